The van der Waals surface area contributed by atoms with Crippen LogP contribution in [-0.2, 0) is 10.0 Å². The Kier molecular flexibility index (Phi) is 4.24. The molecule has 0 amide bonds. The molecule has 0 saturated carbocycles. The van der Waals surface area contributed by atoms with Gasteiger partial charge in [-0.2, -0.15) is 0 Å². The summed E-state index contributed by atoms with van der Waals surface area (Å²) in [6.45, 7) is 0. The molecular weight excluding hydrogens is 345 g/mol. The third kappa shape index (κ3) is 3.24. The molecule has 2 rings (SSSR count). The van der Waals surface area contributed by atoms with E-state index in [1.54, 1.807) is 0 Å². The van der Waals surface area contributed by atoms with E-state index in [1.807, 2.05) is 0 Å². The fourth-order valence-corrected chi connectivity index (χ4v) is 3.99. The smallest absolute Gasteiger partial charge is 0.348 e. The number of sulfonamides is 1. The molecule has 0 fully saturated rings. The van der Waals surface area contributed by atoms with Crippen LogP contribution in [0.4, 0.5) is 5.69 Å². The summed E-state index contributed by atoms with van der Waals surface area (Å²) in [7, 11) is -3.96. The molecule has 0 aliphatic carbocycles. The lowest BCUT2D eigenvalue weighted by molar-refractivity contribution is 0.0703. The highest BCUT2D eigenvalue weighted by Gasteiger charge is 2.20. The summed E-state index contributed by atoms with van der Waals surface area (Å²) in [6.07, 6.45) is 0. The lowest BCUT2D eigenvalue weighted by atomic mass is 10.4. The van der Waals surface area contributed by atoms with Crippen LogP contribution in [0.2, 0.25) is 10.0 Å². The first-order chi connectivity index (χ1) is 9.29. The molecule has 2 N–H and O–H groups in total. The average molecular weight is 352 g/mol. The van der Waals surface area contributed by atoms with Crippen molar-refractivity contribution < 1.29 is 18.3 Å². The van der Waals surface area contributed by atoms with Crippen molar-refractivity contribution in [3.8, 4) is 0 Å². The molecule has 5 nitrogen and oxygen atoms in total. The summed E-state index contributed by atoms with van der Waals surface area (Å²) in [6, 6.07) is 5.22. The minimum absolute atomic E-state index is 0.00130. The third-order valence-corrected chi connectivity index (χ3v) is 4.93. The predicted octanol–water partition coefficient (Wildman–Crippen LogP) is 3.55. The fourth-order valence-electron chi connectivity index (χ4n) is 1.44. The molecule has 0 atom stereocenters. The van der Waals surface area contributed by atoms with Gasteiger partial charge in [-0.15, -0.1) is 11.3 Å². The molecule has 0 aliphatic heterocycles. The van der Waals surface area contributed by atoms with Crippen molar-refractivity contribution in [2.45, 2.75) is 4.90 Å². The van der Waals surface area contributed by atoms with Gasteiger partial charge in [0.25, 0.3) is 10.0 Å². The summed E-state index contributed by atoms with van der Waals surface area (Å²) in [4.78, 5) is 10.7. The number of aromatic carboxylic acids is 1. The van der Waals surface area contributed by atoms with Gasteiger partial charge in [0, 0.05) is 10.0 Å². The highest BCUT2D eigenvalue weighted by atomic mass is 35.5. The Balaban J connectivity index is 2.41. The van der Waals surface area contributed by atoms with Gasteiger partial charge >= 0.3 is 5.97 Å². The Morgan fingerprint density at radius 1 is 1.20 bits per heavy atom. The Labute approximate surface area is 128 Å². The standard InChI is InChI=1S/C11H7Cl2NO4S2/c12-6-3-7(13)5-8(4-6)20(17,18)14-9-1-2-19-10(9)11(15)16/h1-5,14H,(H,15,16). The highest BCUT2D eigenvalue weighted by Crippen LogP contribution is 2.27. The number of halogens is 2. The number of hydrogen-bond acceptors (Lipinski definition) is 4. The number of rotatable bonds is 4. The third-order valence-electron chi connectivity index (χ3n) is 2.25. The van der Waals surface area contributed by atoms with Crippen LogP contribution in [0.1, 0.15) is 9.67 Å². The van der Waals surface area contributed by atoms with Gasteiger partial charge in [-0.05, 0) is 29.6 Å². The zero-order chi connectivity index (χ0) is 14.9. The molecule has 1 heterocycles. The van der Waals surface area contributed by atoms with Crippen molar-refractivity contribution in [1.29, 1.82) is 0 Å². The van der Waals surface area contributed by atoms with Crippen LogP contribution in [0.3, 0.4) is 0 Å². The zero-order valence-electron chi connectivity index (χ0n) is 9.63. The quantitative estimate of drug-likeness (QED) is 0.881. The van der Waals surface area contributed by atoms with Crippen molar-refractivity contribution >= 4 is 56.2 Å². The fraction of sp³-hybridized carbons (Fsp3) is 0. The first-order valence-electron chi connectivity index (χ1n) is 5.09. The zero-order valence-corrected chi connectivity index (χ0v) is 12.8. The van der Waals surface area contributed by atoms with Gasteiger partial charge in [-0.1, -0.05) is 23.2 Å². The van der Waals surface area contributed by atoms with Crippen molar-refractivity contribution in [3.05, 3.63) is 44.6 Å². The van der Waals surface area contributed by atoms with Crippen molar-refractivity contribution in [2.75, 3.05) is 4.72 Å². The van der Waals surface area contributed by atoms with E-state index in [9.17, 15) is 13.2 Å². The molecule has 0 saturated heterocycles. The van der Waals surface area contributed by atoms with Gasteiger partial charge in [0.2, 0.25) is 0 Å². The summed E-state index contributed by atoms with van der Waals surface area (Å²) < 4.78 is 26.5. The van der Waals surface area contributed by atoms with E-state index >= 15 is 0 Å². The van der Waals surface area contributed by atoms with Crippen LogP contribution in [-0.4, -0.2) is 19.5 Å². The predicted molar refractivity (Wildman–Crippen MR) is 78.5 cm³/mol. The van der Waals surface area contributed by atoms with Crippen LogP contribution in [0, 0.1) is 0 Å². The molecule has 20 heavy (non-hydrogen) atoms. The van der Waals surface area contributed by atoms with Crippen LogP contribution >= 0.6 is 34.5 Å². The largest absolute Gasteiger partial charge is 0.477 e. The van der Waals surface area contributed by atoms with Crippen LogP contribution in [0.25, 0.3) is 0 Å². The number of benzene rings is 1. The molecule has 0 bridgehead atoms. The molecule has 1 aromatic heterocycles. The monoisotopic (exact) mass is 351 g/mol. The number of nitrogens with one attached hydrogen (secondary N) is 1. The Morgan fingerprint density at radius 2 is 1.80 bits per heavy atom. The first kappa shape index (κ1) is 15.1. The molecule has 2 aromatic rings. The lowest BCUT2D eigenvalue weighted by Gasteiger charge is -2.08. The topological polar surface area (TPSA) is 83.5 Å². The Bertz CT molecular complexity index is 750. The second-order valence-electron chi connectivity index (χ2n) is 3.68. The molecule has 0 radical (unpaired) electrons. The number of carboxylic acids is 1. The van der Waals surface area contributed by atoms with E-state index in [0.717, 1.165) is 11.3 Å². The first-order valence-corrected chi connectivity index (χ1v) is 8.21. The van der Waals surface area contributed by atoms with Gasteiger partial charge in [-0.3, -0.25) is 4.72 Å². The van der Waals surface area contributed by atoms with Crippen molar-refractivity contribution in [1.82, 2.24) is 0 Å². The Hall–Kier alpha value is -1.28. The molecule has 106 valence electrons. The minimum Gasteiger partial charge on any atom is -0.477 e. The van der Waals surface area contributed by atoms with E-state index in [0.29, 0.717) is 0 Å². The number of carbonyl (C=O) groups is 1. The van der Waals surface area contributed by atoms with E-state index < -0.39 is 16.0 Å². The summed E-state index contributed by atoms with van der Waals surface area (Å²) in [5.41, 5.74) is -0.00130. The van der Waals surface area contributed by atoms with Gasteiger partial charge in [-0.25, -0.2) is 13.2 Å². The minimum atomic E-state index is -3.96. The van der Waals surface area contributed by atoms with E-state index in [-0.39, 0.29) is 25.5 Å². The number of hydrogen-bond donors (Lipinski definition) is 2. The van der Waals surface area contributed by atoms with Crippen LogP contribution in [0.5, 0.6) is 0 Å². The van der Waals surface area contributed by atoms with Gasteiger partial charge in [0.1, 0.15) is 4.88 Å². The maximum atomic E-state index is 12.2. The molecule has 0 aliphatic rings. The van der Waals surface area contributed by atoms with Crippen LogP contribution in [0.15, 0.2) is 34.5 Å². The lowest BCUT2D eigenvalue weighted by Crippen LogP contribution is -2.14. The van der Waals surface area contributed by atoms with Crippen LogP contribution < -0.4 is 4.72 Å². The highest BCUT2D eigenvalue weighted by molar-refractivity contribution is 7.92. The molecular formula is C11H7Cl2NO4S2. The second kappa shape index (κ2) is 5.61. The van der Waals surface area contributed by atoms with Gasteiger partial charge < -0.3 is 5.11 Å². The van der Waals surface area contributed by atoms with Gasteiger partial charge in [0.15, 0.2) is 0 Å². The van der Waals surface area contributed by atoms with Crippen molar-refractivity contribution in [2.24, 2.45) is 0 Å². The molecule has 0 spiro atoms. The summed E-state index contributed by atoms with van der Waals surface area (Å²) in [5, 5.41) is 10.8. The maximum absolute atomic E-state index is 12.2. The van der Waals surface area contributed by atoms with E-state index in [2.05, 4.69) is 4.72 Å². The summed E-state index contributed by atoms with van der Waals surface area (Å²) in [5.74, 6) is -1.21. The van der Waals surface area contributed by atoms with E-state index in [4.69, 9.17) is 28.3 Å². The molecule has 1 aromatic carbocycles. The van der Waals surface area contributed by atoms with Crippen molar-refractivity contribution in [3.63, 3.8) is 0 Å². The number of anilines is 1. The normalized spacial score (nSPS) is 11.3. The number of thiophene rings is 1. The Morgan fingerprint density at radius 3 is 2.35 bits per heavy atom. The van der Waals surface area contributed by atoms with Gasteiger partial charge in [0.05, 0.1) is 10.6 Å². The average Bonchev–Trinajstić information content (AvgIpc) is 2.75. The molecule has 9 heteroatoms. The second-order valence-corrected chi connectivity index (χ2v) is 7.15. The van der Waals surface area contributed by atoms with E-state index in [1.165, 1.54) is 29.6 Å². The number of carboxylic acid groups (broad SMARTS) is 1. The SMILES string of the molecule is O=C(O)c1sccc1NS(=O)(=O)c1cc(Cl)cc(Cl)c1. The summed E-state index contributed by atoms with van der Waals surface area (Å²) >= 11 is 12.4. The molecule has 0 unspecified atom stereocenters. The maximum Gasteiger partial charge on any atom is 0.348 e.